The van der Waals surface area contributed by atoms with Crippen LogP contribution < -0.4 is 0 Å². The van der Waals surface area contributed by atoms with Gasteiger partial charge in [0, 0.05) is 6.42 Å². The van der Waals surface area contributed by atoms with Crippen LogP contribution >= 0.6 is 0 Å². The molecule has 0 fully saturated rings. The maximum Gasteiger partial charge on any atom is 0.338 e. The Morgan fingerprint density at radius 2 is 0.838 bits per heavy atom. The van der Waals surface area contributed by atoms with Gasteiger partial charge in [0.15, 0.2) is 0 Å². The molecular formula is C33H24O4. The zero-order chi connectivity index (χ0) is 25.2. The molecule has 0 saturated heterocycles. The summed E-state index contributed by atoms with van der Waals surface area (Å²) in [5, 5.41) is 8.64. The second-order valence-corrected chi connectivity index (χ2v) is 9.07. The fourth-order valence-electron chi connectivity index (χ4n) is 4.81. The van der Waals surface area contributed by atoms with Crippen LogP contribution in [0.15, 0.2) is 109 Å². The van der Waals surface area contributed by atoms with Crippen LogP contribution in [0, 0.1) is 0 Å². The van der Waals surface area contributed by atoms with E-state index in [2.05, 4.69) is 48.5 Å². The average molecular weight is 485 g/mol. The Morgan fingerprint density at radius 1 is 0.459 bits per heavy atom. The highest BCUT2D eigenvalue weighted by Gasteiger charge is 2.12. The van der Waals surface area contributed by atoms with Gasteiger partial charge in [0.05, 0.1) is 24.3 Å². The van der Waals surface area contributed by atoms with Crippen molar-refractivity contribution >= 4 is 55.0 Å². The van der Waals surface area contributed by atoms with Crippen molar-refractivity contribution in [2.75, 3.05) is 13.2 Å². The monoisotopic (exact) mass is 484 g/mol. The van der Waals surface area contributed by atoms with Gasteiger partial charge in [-0.15, -0.1) is 0 Å². The number of ether oxygens (including phenoxy) is 2. The first-order valence-electron chi connectivity index (χ1n) is 12.3. The lowest BCUT2D eigenvalue weighted by Crippen LogP contribution is -2.11. The number of fused-ring (bicyclic) bond motifs is 6. The van der Waals surface area contributed by atoms with E-state index in [0.29, 0.717) is 17.5 Å². The summed E-state index contributed by atoms with van der Waals surface area (Å²) in [5.74, 6) is -0.773. The molecule has 0 heterocycles. The first-order chi connectivity index (χ1) is 18.2. The van der Waals surface area contributed by atoms with Gasteiger partial charge in [0.1, 0.15) is 0 Å². The average Bonchev–Trinajstić information content (AvgIpc) is 2.96. The van der Waals surface area contributed by atoms with Gasteiger partial charge < -0.3 is 9.47 Å². The van der Waals surface area contributed by atoms with Crippen molar-refractivity contribution < 1.29 is 19.1 Å². The lowest BCUT2D eigenvalue weighted by Gasteiger charge is -2.09. The van der Waals surface area contributed by atoms with E-state index in [0.717, 1.165) is 43.1 Å². The van der Waals surface area contributed by atoms with E-state index in [9.17, 15) is 9.59 Å². The van der Waals surface area contributed by atoms with Crippen molar-refractivity contribution in [2.24, 2.45) is 0 Å². The first-order valence-corrected chi connectivity index (χ1v) is 12.3. The Bertz CT molecular complexity index is 1670. The van der Waals surface area contributed by atoms with Crippen molar-refractivity contribution in [3.8, 4) is 0 Å². The molecule has 180 valence electrons. The number of esters is 2. The molecule has 0 aliphatic carbocycles. The Hall–Kier alpha value is -4.70. The molecule has 6 rings (SSSR count). The highest BCUT2D eigenvalue weighted by Crippen LogP contribution is 2.27. The molecule has 4 heteroatoms. The molecule has 6 aromatic carbocycles. The molecule has 0 aliphatic rings. The van der Waals surface area contributed by atoms with Gasteiger partial charge in [-0.1, -0.05) is 84.9 Å². The van der Waals surface area contributed by atoms with Crippen molar-refractivity contribution in [1.29, 1.82) is 0 Å². The molecule has 0 N–H and O–H groups in total. The third kappa shape index (κ3) is 4.50. The standard InChI is InChI=1S/C33H24O4/c34-32(26-16-14-24-12-10-22-6-1-3-8-28(22)30(24)20-26)36-18-5-19-37-33(35)27-17-15-25-13-11-23-7-2-4-9-29(23)31(25)21-27/h1-4,6-17,20-21H,5,18-19H2. The third-order valence-electron chi connectivity index (χ3n) is 6.72. The smallest absolute Gasteiger partial charge is 0.338 e. The maximum absolute atomic E-state index is 12.6. The predicted molar refractivity (Wildman–Crippen MR) is 148 cm³/mol. The normalized spacial score (nSPS) is 11.2. The van der Waals surface area contributed by atoms with Crippen LogP contribution in [0.1, 0.15) is 27.1 Å². The first kappa shape index (κ1) is 22.7. The summed E-state index contributed by atoms with van der Waals surface area (Å²) in [7, 11) is 0. The molecule has 0 spiro atoms. The van der Waals surface area contributed by atoms with Crippen LogP contribution in [0.4, 0.5) is 0 Å². The third-order valence-corrected chi connectivity index (χ3v) is 6.72. The van der Waals surface area contributed by atoms with Crippen LogP contribution in [-0.2, 0) is 9.47 Å². The van der Waals surface area contributed by atoms with Gasteiger partial charge in [-0.05, 0) is 67.4 Å². The number of rotatable bonds is 6. The number of carbonyl (C=O) groups is 2. The fraction of sp³-hybridized carbons (Fsp3) is 0.0909. The number of benzene rings is 6. The molecule has 0 aromatic heterocycles. The highest BCUT2D eigenvalue weighted by molar-refractivity contribution is 6.10. The number of hydrogen-bond donors (Lipinski definition) is 0. The van der Waals surface area contributed by atoms with Gasteiger partial charge in [-0.25, -0.2) is 9.59 Å². The number of hydrogen-bond acceptors (Lipinski definition) is 4. The van der Waals surface area contributed by atoms with Gasteiger partial charge in [-0.3, -0.25) is 0 Å². The Kier molecular flexibility index (Phi) is 5.99. The van der Waals surface area contributed by atoms with Crippen LogP contribution in [0.25, 0.3) is 43.1 Å². The molecule has 4 nitrogen and oxygen atoms in total. The van der Waals surface area contributed by atoms with E-state index in [-0.39, 0.29) is 25.2 Å². The molecule has 0 saturated carbocycles. The van der Waals surface area contributed by atoms with E-state index in [1.54, 1.807) is 12.1 Å². The summed E-state index contributed by atoms with van der Waals surface area (Å²) in [6.07, 6.45) is 0.421. The summed E-state index contributed by atoms with van der Waals surface area (Å²) in [6, 6.07) is 35.7. The highest BCUT2D eigenvalue weighted by atomic mass is 16.5. The summed E-state index contributed by atoms with van der Waals surface area (Å²) in [5.41, 5.74) is 1.01. The van der Waals surface area contributed by atoms with E-state index in [1.165, 1.54) is 0 Å². The van der Waals surface area contributed by atoms with E-state index in [1.807, 2.05) is 48.5 Å². The minimum atomic E-state index is -0.387. The lowest BCUT2D eigenvalue weighted by molar-refractivity contribution is 0.0396. The van der Waals surface area contributed by atoms with Crippen molar-refractivity contribution in [3.63, 3.8) is 0 Å². The quantitative estimate of drug-likeness (QED) is 0.138. The van der Waals surface area contributed by atoms with Crippen LogP contribution in [-0.4, -0.2) is 25.2 Å². The Balaban J connectivity index is 1.07. The van der Waals surface area contributed by atoms with Gasteiger partial charge in [-0.2, -0.15) is 0 Å². The molecule has 0 atom stereocenters. The molecular weight excluding hydrogens is 460 g/mol. The van der Waals surface area contributed by atoms with E-state index in [4.69, 9.17) is 9.47 Å². The minimum absolute atomic E-state index is 0.169. The van der Waals surface area contributed by atoms with Gasteiger partial charge in [0.25, 0.3) is 0 Å². The minimum Gasteiger partial charge on any atom is -0.462 e. The molecule has 0 bridgehead atoms. The van der Waals surface area contributed by atoms with Crippen LogP contribution in [0.5, 0.6) is 0 Å². The summed E-state index contributed by atoms with van der Waals surface area (Å²) in [6.45, 7) is 0.337. The van der Waals surface area contributed by atoms with E-state index < -0.39 is 0 Å². The predicted octanol–water partition coefficient (Wildman–Crippen LogP) is 7.70. The van der Waals surface area contributed by atoms with Crippen molar-refractivity contribution in [2.45, 2.75) is 6.42 Å². The SMILES string of the molecule is O=C(OCCCOC(=O)c1ccc2ccc3ccccc3c2c1)c1ccc2ccc3ccccc3c2c1. The molecule has 37 heavy (non-hydrogen) atoms. The summed E-state index contributed by atoms with van der Waals surface area (Å²) in [4.78, 5) is 25.3. The van der Waals surface area contributed by atoms with Crippen LogP contribution in [0.3, 0.4) is 0 Å². The van der Waals surface area contributed by atoms with Crippen molar-refractivity contribution in [3.05, 3.63) is 120 Å². The second kappa shape index (κ2) is 9.75. The molecule has 0 radical (unpaired) electrons. The largest absolute Gasteiger partial charge is 0.462 e. The maximum atomic E-state index is 12.6. The molecule has 0 aliphatic heterocycles. The lowest BCUT2D eigenvalue weighted by atomic mass is 10.00. The van der Waals surface area contributed by atoms with E-state index >= 15 is 0 Å². The fourth-order valence-corrected chi connectivity index (χ4v) is 4.81. The zero-order valence-corrected chi connectivity index (χ0v) is 20.1. The second-order valence-electron chi connectivity index (χ2n) is 9.07. The topological polar surface area (TPSA) is 52.6 Å². The van der Waals surface area contributed by atoms with Gasteiger partial charge >= 0.3 is 11.9 Å². The summed E-state index contributed by atoms with van der Waals surface area (Å²) < 4.78 is 10.9. The van der Waals surface area contributed by atoms with Gasteiger partial charge in [0.2, 0.25) is 0 Å². The molecule has 0 unspecified atom stereocenters. The summed E-state index contributed by atoms with van der Waals surface area (Å²) >= 11 is 0. The van der Waals surface area contributed by atoms with Crippen LogP contribution in [0.2, 0.25) is 0 Å². The number of carbonyl (C=O) groups excluding carboxylic acids is 2. The van der Waals surface area contributed by atoms with Crippen molar-refractivity contribution in [1.82, 2.24) is 0 Å². The zero-order valence-electron chi connectivity index (χ0n) is 20.1. The Morgan fingerprint density at radius 3 is 1.30 bits per heavy atom. The molecule has 0 amide bonds. The molecule has 6 aromatic rings. The Labute approximate surface area is 214 Å².